The van der Waals surface area contributed by atoms with Crippen LogP contribution < -0.4 is 10.2 Å². The minimum atomic E-state index is 0.744. The summed E-state index contributed by atoms with van der Waals surface area (Å²) in [4.78, 5) is 2.08. The van der Waals surface area contributed by atoms with Crippen molar-refractivity contribution in [2.75, 3.05) is 45.3 Å². The van der Waals surface area contributed by atoms with Gasteiger partial charge in [0.1, 0.15) is 0 Å². The zero-order valence-electron chi connectivity index (χ0n) is 10.2. The molecule has 0 amide bonds. The molecule has 5 nitrogen and oxygen atoms in total. The molecule has 5 heteroatoms. The predicted molar refractivity (Wildman–Crippen MR) is 64.8 cm³/mol. The van der Waals surface area contributed by atoms with Gasteiger partial charge in [-0.3, -0.25) is 0 Å². The maximum absolute atomic E-state index is 4.95. The third kappa shape index (κ3) is 4.55. The van der Waals surface area contributed by atoms with Crippen LogP contribution in [0.15, 0.2) is 12.3 Å². The van der Waals surface area contributed by atoms with E-state index in [1.54, 1.807) is 13.3 Å². The molecule has 0 aliphatic carbocycles. The number of hydrogen-bond donors (Lipinski definition) is 1. The zero-order chi connectivity index (χ0) is 11.8. The quantitative estimate of drug-likeness (QED) is 0.682. The van der Waals surface area contributed by atoms with E-state index in [9.17, 15) is 0 Å². The number of anilines is 1. The molecule has 90 valence electrons. The van der Waals surface area contributed by atoms with Gasteiger partial charge in [0.15, 0.2) is 5.82 Å². The molecule has 0 saturated heterocycles. The Kier molecular flexibility index (Phi) is 5.74. The second-order valence-corrected chi connectivity index (χ2v) is 3.76. The highest BCUT2D eigenvalue weighted by Crippen LogP contribution is 2.07. The second-order valence-electron chi connectivity index (χ2n) is 3.76. The molecule has 0 aliphatic heterocycles. The zero-order valence-corrected chi connectivity index (χ0v) is 10.2. The summed E-state index contributed by atoms with van der Waals surface area (Å²) in [6, 6.07) is 2.03. The summed E-state index contributed by atoms with van der Waals surface area (Å²) >= 11 is 0. The van der Waals surface area contributed by atoms with E-state index in [1.165, 1.54) is 0 Å². The lowest BCUT2D eigenvalue weighted by molar-refractivity contribution is 0.200. The van der Waals surface area contributed by atoms with Gasteiger partial charge in [0.05, 0.1) is 12.8 Å². The second kappa shape index (κ2) is 7.14. The van der Waals surface area contributed by atoms with Crippen LogP contribution in [0.4, 0.5) is 5.82 Å². The smallest absolute Gasteiger partial charge is 0.151 e. The van der Waals surface area contributed by atoms with E-state index in [-0.39, 0.29) is 0 Å². The highest BCUT2D eigenvalue weighted by molar-refractivity contribution is 5.37. The maximum Gasteiger partial charge on any atom is 0.151 e. The lowest BCUT2D eigenvalue weighted by Gasteiger charge is -2.17. The standard InChI is InChI=1S/C11H20N4O/c1-10-8-11(14-13-9-10)15(2)6-4-12-5-7-16-3/h8-9,12H,4-7H2,1-3H3. The van der Waals surface area contributed by atoms with Gasteiger partial charge in [-0.2, -0.15) is 5.10 Å². The topological polar surface area (TPSA) is 50.3 Å². The van der Waals surface area contributed by atoms with Crippen molar-refractivity contribution in [2.24, 2.45) is 0 Å². The van der Waals surface area contributed by atoms with E-state index in [2.05, 4.69) is 20.4 Å². The van der Waals surface area contributed by atoms with E-state index in [0.717, 1.165) is 37.6 Å². The van der Waals surface area contributed by atoms with Crippen molar-refractivity contribution in [3.8, 4) is 0 Å². The third-order valence-electron chi connectivity index (χ3n) is 2.28. The fraction of sp³-hybridized carbons (Fsp3) is 0.636. The number of hydrogen-bond acceptors (Lipinski definition) is 5. The number of ether oxygens (including phenoxy) is 1. The van der Waals surface area contributed by atoms with Gasteiger partial charge in [-0.05, 0) is 18.6 Å². The Balaban J connectivity index is 2.27. The average molecular weight is 224 g/mol. The van der Waals surface area contributed by atoms with Crippen LogP contribution in [0.5, 0.6) is 0 Å². The summed E-state index contributed by atoms with van der Waals surface area (Å²) in [5.74, 6) is 0.911. The molecule has 16 heavy (non-hydrogen) atoms. The molecule has 0 aromatic carbocycles. The average Bonchev–Trinajstić information content (AvgIpc) is 2.28. The summed E-state index contributed by atoms with van der Waals surface area (Å²) in [5, 5.41) is 11.3. The minimum absolute atomic E-state index is 0.744. The number of rotatable bonds is 7. The molecule has 0 aliphatic rings. The van der Waals surface area contributed by atoms with Crippen molar-refractivity contribution in [1.82, 2.24) is 15.5 Å². The third-order valence-corrected chi connectivity index (χ3v) is 2.28. The van der Waals surface area contributed by atoms with E-state index in [1.807, 2.05) is 20.0 Å². The van der Waals surface area contributed by atoms with Crippen LogP contribution in [0.1, 0.15) is 5.56 Å². The van der Waals surface area contributed by atoms with Gasteiger partial charge < -0.3 is 15.0 Å². The van der Waals surface area contributed by atoms with Gasteiger partial charge in [-0.15, -0.1) is 5.10 Å². The summed E-state index contributed by atoms with van der Waals surface area (Å²) in [5.41, 5.74) is 1.13. The van der Waals surface area contributed by atoms with Crippen molar-refractivity contribution in [3.05, 3.63) is 17.8 Å². The molecule has 0 atom stereocenters. The number of methoxy groups -OCH3 is 1. The molecule has 1 heterocycles. The van der Waals surface area contributed by atoms with Gasteiger partial charge in [0, 0.05) is 33.8 Å². The first-order valence-electron chi connectivity index (χ1n) is 5.44. The SMILES string of the molecule is COCCNCCN(C)c1cc(C)cnn1. The van der Waals surface area contributed by atoms with E-state index >= 15 is 0 Å². The number of aromatic nitrogens is 2. The lowest BCUT2D eigenvalue weighted by Crippen LogP contribution is -2.31. The number of nitrogens with zero attached hydrogens (tertiary/aromatic N) is 3. The Morgan fingerprint density at radius 2 is 2.25 bits per heavy atom. The fourth-order valence-electron chi connectivity index (χ4n) is 1.30. The van der Waals surface area contributed by atoms with Crippen LogP contribution in [0.2, 0.25) is 0 Å². The molecular weight excluding hydrogens is 204 g/mol. The van der Waals surface area contributed by atoms with Gasteiger partial charge in [-0.1, -0.05) is 0 Å². The maximum atomic E-state index is 4.95. The summed E-state index contributed by atoms with van der Waals surface area (Å²) in [7, 11) is 3.72. The molecule has 0 fully saturated rings. The van der Waals surface area contributed by atoms with E-state index in [4.69, 9.17) is 4.74 Å². The first kappa shape index (κ1) is 12.9. The molecule has 0 unspecified atom stereocenters. The van der Waals surface area contributed by atoms with Gasteiger partial charge >= 0.3 is 0 Å². The van der Waals surface area contributed by atoms with Gasteiger partial charge in [0.2, 0.25) is 0 Å². The molecule has 0 saturated carbocycles. The van der Waals surface area contributed by atoms with Crippen molar-refractivity contribution >= 4 is 5.82 Å². The van der Waals surface area contributed by atoms with Crippen LogP contribution in [0, 0.1) is 6.92 Å². The minimum Gasteiger partial charge on any atom is -0.383 e. The fourth-order valence-corrected chi connectivity index (χ4v) is 1.30. The molecule has 1 rings (SSSR count). The van der Waals surface area contributed by atoms with Crippen LogP contribution in [-0.2, 0) is 4.74 Å². The number of likely N-dealkylation sites (N-methyl/N-ethyl adjacent to an activating group) is 1. The first-order chi connectivity index (χ1) is 7.74. The lowest BCUT2D eigenvalue weighted by atomic mass is 10.3. The highest BCUT2D eigenvalue weighted by Gasteiger charge is 2.02. The molecular formula is C11H20N4O. The molecule has 1 aromatic heterocycles. The summed E-state index contributed by atoms with van der Waals surface area (Å²) in [6.45, 7) is 5.46. The molecule has 1 N–H and O–H groups in total. The first-order valence-corrected chi connectivity index (χ1v) is 5.44. The monoisotopic (exact) mass is 224 g/mol. The van der Waals surface area contributed by atoms with Crippen molar-refractivity contribution in [1.29, 1.82) is 0 Å². The highest BCUT2D eigenvalue weighted by atomic mass is 16.5. The molecule has 0 bridgehead atoms. The number of aryl methyl sites for hydroxylation is 1. The summed E-state index contributed by atoms with van der Waals surface area (Å²) < 4.78 is 4.95. The van der Waals surface area contributed by atoms with Gasteiger partial charge in [-0.25, -0.2) is 0 Å². The van der Waals surface area contributed by atoms with Crippen LogP contribution in [0.3, 0.4) is 0 Å². The van der Waals surface area contributed by atoms with Crippen molar-refractivity contribution < 1.29 is 4.74 Å². The molecule has 1 aromatic rings. The normalized spacial score (nSPS) is 10.4. The molecule has 0 radical (unpaired) electrons. The van der Waals surface area contributed by atoms with Crippen LogP contribution in [0.25, 0.3) is 0 Å². The Hall–Kier alpha value is -1.20. The van der Waals surface area contributed by atoms with Crippen molar-refractivity contribution in [3.63, 3.8) is 0 Å². The van der Waals surface area contributed by atoms with Crippen molar-refractivity contribution in [2.45, 2.75) is 6.92 Å². The Morgan fingerprint density at radius 1 is 1.44 bits per heavy atom. The Labute approximate surface area is 96.8 Å². The van der Waals surface area contributed by atoms with Crippen LogP contribution in [-0.4, -0.2) is 50.6 Å². The number of nitrogens with one attached hydrogen (secondary N) is 1. The Bertz CT molecular complexity index is 306. The Morgan fingerprint density at radius 3 is 2.94 bits per heavy atom. The van der Waals surface area contributed by atoms with Gasteiger partial charge in [0.25, 0.3) is 0 Å². The predicted octanol–water partition coefficient (Wildman–Crippen LogP) is 0.457. The van der Waals surface area contributed by atoms with Crippen LogP contribution >= 0.6 is 0 Å². The largest absolute Gasteiger partial charge is 0.383 e. The summed E-state index contributed by atoms with van der Waals surface area (Å²) in [6.07, 6.45) is 1.76. The van der Waals surface area contributed by atoms with E-state index in [0.29, 0.717) is 0 Å². The molecule has 0 spiro atoms. The van der Waals surface area contributed by atoms with E-state index < -0.39 is 0 Å².